The summed E-state index contributed by atoms with van der Waals surface area (Å²) in [5, 5.41) is 3.28. The maximum Gasteiger partial charge on any atom is 0.0312 e. The zero-order chi connectivity index (χ0) is 6.81. The van der Waals surface area contributed by atoms with Crippen molar-refractivity contribution in [1.29, 1.82) is 0 Å². The van der Waals surface area contributed by atoms with Crippen LogP contribution < -0.4 is 5.32 Å². The van der Waals surface area contributed by atoms with Gasteiger partial charge < -0.3 is 5.32 Å². The first-order valence-corrected chi connectivity index (χ1v) is 3.57. The average Bonchev–Trinajstić information content (AvgIpc) is 2.28. The first-order valence-electron chi connectivity index (χ1n) is 3.57. The van der Waals surface area contributed by atoms with Crippen LogP contribution in [0.1, 0.15) is 6.42 Å². The summed E-state index contributed by atoms with van der Waals surface area (Å²) in [6, 6.07) is 0. The maximum atomic E-state index is 4.13. The van der Waals surface area contributed by atoms with Crippen LogP contribution in [0.5, 0.6) is 0 Å². The molecule has 0 radical (unpaired) electrons. The molecule has 0 unspecified atom stereocenters. The van der Waals surface area contributed by atoms with Crippen LogP contribution in [0.3, 0.4) is 0 Å². The summed E-state index contributed by atoms with van der Waals surface area (Å²) in [5.74, 6) is 0. The van der Waals surface area contributed by atoms with Crippen molar-refractivity contribution in [3.63, 3.8) is 0 Å². The van der Waals surface area contributed by atoms with Gasteiger partial charge in [0.25, 0.3) is 0 Å². The molecule has 0 spiro atoms. The highest BCUT2D eigenvalue weighted by Gasteiger charge is 2.12. The van der Waals surface area contributed by atoms with Crippen molar-refractivity contribution in [2.75, 3.05) is 13.1 Å². The van der Waals surface area contributed by atoms with E-state index < -0.39 is 0 Å². The molecule has 2 aliphatic heterocycles. The lowest BCUT2D eigenvalue weighted by molar-refractivity contribution is 0.893. The molecule has 52 valence electrons. The van der Waals surface area contributed by atoms with Crippen LogP contribution in [-0.2, 0) is 0 Å². The fourth-order valence-electron chi connectivity index (χ4n) is 1.29. The van der Waals surface area contributed by atoms with Crippen LogP contribution in [0.25, 0.3) is 0 Å². The second-order valence-corrected chi connectivity index (χ2v) is 2.55. The molecule has 10 heavy (non-hydrogen) atoms. The molecular formula is C8H10N2. The van der Waals surface area contributed by atoms with Gasteiger partial charge in [-0.2, -0.15) is 0 Å². The fourth-order valence-corrected chi connectivity index (χ4v) is 1.29. The van der Waals surface area contributed by atoms with Crippen LogP contribution in [0.15, 0.2) is 28.4 Å². The standard InChI is InChI=1S/C8H10N2/c1-2-7-4-10-6-8(7)5-9-3-1/h2-3,5,10H,1,4,6H2. The van der Waals surface area contributed by atoms with Crippen molar-refractivity contribution < 1.29 is 0 Å². The van der Waals surface area contributed by atoms with Gasteiger partial charge in [0.1, 0.15) is 0 Å². The van der Waals surface area contributed by atoms with Gasteiger partial charge in [-0.1, -0.05) is 6.08 Å². The molecule has 2 heteroatoms. The zero-order valence-corrected chi connectivity index (χ0v) is 5.80. The Hall–Kier alpha value is -0.890. The summed E-state index contributed by atoms with van der Waals surface area (Å²) < 4.78 is 0. The Morgan fingerprint density at radius 3 is 3.20 bits per heavy atom. The third kappa shape index (κ3) is 0.907. The second kappa shape index (κ2) is 2.39. The zero-order valence-electron chi connectivity index (χ0n) is 5.80. The molecule has 0 aromatic rings. The van der Waals surface area contributed by atoms with Gasteiger partial charge in [-0.25, -0.2) is 0 Å². The molecule has 0 bridgehead atoms. The van der Waals surface area contributed by atoms with E-state index in [1.807, 2.05) is 12.4 Å². The van der Waals surface area contributed by atoms with Crippen LogP contribution in [-0.4, -0.2) is 19.3 Å². The normalized spacial score (nSPS) is 23.2. The lowest BCUT2D eigenvalue weighted by Crippen LogP contribution is -2.05. The molecule has 2 heterocycles. The van der Waals surface area contributed by atoms with Gasteiger partial charge in [-0.05, 0) is 11.1 Å². The number of nitrogens with one attached hydrogen (secondary N) is 1. The maximum absolute atomic E-state index is 4.13. The lowest BCUT2D eigenvalue weighted by Gasteiger charge is -1.92. The highest BCUT2D eigenvalue weighted by molar-refractivity contribution is 5.63. The van der Waals surface area contributed by atoms with Gasteiger partial charge in [0, 0.05) is 31.9 Å². The number of rotatable bonds is 0. The molecule has 0 aliphatic carbocycles. The fraction of sp³-hybridized carbons (Fsp3) is 0.375. The summed E-state index contributed by atoms with van der Waals surface area (Å²) in [7, 11) is 0. The summed E-state index contributed by atoms with van der Waals surface area (Å²) >= 11 is 0. The number of fused-ring (bicyclic) bond motifs is 1. The van der Waals surface area contributed by atoms with Crippen LogP contribution in [0, 0.1) is 0 Å². The smallest absolute Gasteiger partial charge is 0.0312 e. The third-order valence-electron chi connectivity index (χ3n) is 1.85. The Morgan fingerprint density at radius 2 is 2.20 bits per heavy atom. The summed E-state index contributed by atoms with van der Waals surface area (Å²) in [6.07, 6.45) is 7.12. The molecular weight excluding hydrogens is 124 g/mol. The number of hydrogen-bond acceptors (Lipinski definition) is 2. The topological polar surface area (TPSA) is 24.4 Å². The van der Waals surface area contributed by atoms with Crippen molar-refractivity contribution in [3.8, 4) is 0 Å². The van der Waals surface area contributed by atoms with Crippen molar-refractivity contribution in [3.05, 3.63) is 23.4 Å². The van der Waals surface area contributed by atoms with Crippen LogP contribution >= 0.6 is 0 Å². The van der Waals surface area contributed by atoms with Crippen molar-refractivity contribution >= 4 is 6.21 Å². The summed E-state index contributed by atoms with van der Waals surface area (Å²) in [5.41, 5.74) is 2.78. The number of hydrogen-bond donors (Lipinski definition) is 1. The number of nitrogens with zero attached hydrogens (tertiary/aromatic N) is 1. The monoisotopic (exact) mass is 134 g/mol. The Kier molecular flexibility index (Phi) is 1.40. The van der Waals surface area contributed by atoms with Crippen LogP contribution in [0.2, 0.25) is 0 Å². The highest BCUT2D eigenvalue weighted by Crippen LogP contribution is 2.16. The van der Waals surface area contributed by atoms with E-state index in [4.69, 9.17) is 0 Å². The Labute approximate surface area is 60.3 Å². The Balaban J connectivity index is 2.34. The molecule has 0 aromatic heterocycles. The predicted molar refractivity (Wildman–Crippen MR) is 42.1 cm³/mol. The van der Waals surface area contributed by atoms with Gasteiger partial charge in [-0.3, -0.25) is 4.99 Å². The van der Waals surface area contributed by atoms with E-state index in [-0.39, 0.29) is 0 Å². The Morgan fingerprint density at radius 1 is 1.30 bits per heavy atom. The van der Waals surface area contributed by atoms with E-state index in [1.165, 1.54) is 11.1 Å². The van der Waals surface area contributed by atoms with Crippen molar-refractivity contribution in [1.82, 2.24) is 5.32 Å². The SMILES string of the molecule is C1=NC=C2CNCC2=CC1. The molecule has 0 amide bonds. The minimum atomic E-state index is 0.983. The molecule has 0 aromatic carbocycles. The summed E-state index contributed by atoms with van der Waals surface area (Å²) in [6.45, 7) is 2.01. The number of aliphatic imine (C=N–C) groups is 1. The summed E-state index contributed by atoms with van der Waals surface area (Å²) in [4.78, 5) is 4.13. The quantitative estimate of drug-likeness (QED) is 0.522. The number of allylic oxidation sites excluding steroid dienone is 1. The van der Waals surface area contributed by atoms with E-state index in [0.29, 0.717) is 0 Å². The lowest BCUT2D eigenvalue weighted by atomic mass is 10.1. The van der Waals surface area contributed by atoms with Crippen LogP contribution in [0.4, 0.5) is 0 Å². The minimum absolute atomic E-state index is 0.983. The van der Waals surface area contributed by atoms with Gasteiger partial charge in [0.15, 0.2) is 0 Å². The average molecular weight is 134 g/mol. The van der Waals surface area contributed by atoms with Crippen molar-refractivity contribution in [2.24, 2.45) is 4.99 Å². The predicted octanol–water partition coefficient (Wildman–Crippen LogP) is 0.874. The highest BCUT2D eigenvalue weighted by atomic mass is 14.9. The molecule has 2 aliphatic rings. The van der Waals surface area contributed by atoms with Gasteiger partial charge >= 0.3 is 0 Å². The first kappa shape index (κ1) is 5.86. The van der Waals surface area contributed by atoms with E-state index in [2.05, 4.69) is 16.4 Å². The largest absolute Gasteiger partial charge is 0.309 e. The molecule has 1 fully saturated rings. The van der Waals surface area contributed by atoms with E-state index in [9.17, 15) is 0 Å². The Bertz CT molecular complexity index is 223. The molecule has 1 N–H and O–H groups in total. The molecule has 1 saturated heterocycles. The van der Waals surface area contributed by atoms with Gasteiger partial charge in [-0.15, -0.1) is 0 Å². The van der Waals surface area contributed by atoms with Gasteiger partial charge in [0.2, 0.25) is 0 Å². The molecule has 2 nitrogen and oxygen atoms in total. The molecule has 2 rings (SSSR count). The third-order valence-corrected chi connectivity index (χ3v) is 1.85. The second-order valence-electron chi connectivity index (χ2n) is 2.55. The van der Waals surface area contributed by atoms with E-state index >= 15 is 0 Å². The van der Waals surface area contributed by atoms with E-state index in [1.54, 1.807) is 0 Å². The molecule has 0 saturated carbocycles. The van der Waals surface area contributed by atoms with Crippen molar-refractivity contribution in [2.45, 2.75) is 6.42 Å². The minimum Gasteiger partial charge on any atom is -0.309 e. The van der Waals surface area contributed by atoms with E-state index in [0.717, 1.165) is 19.5 Å². The first-order chi connectivity index (χ1) is 4.97. The van der Waals surface area contributed by atoms with Gasteiger partial charge in [0.05, 0.1) is 0 Å². The molecule has 0 atom stereocenters.